The molecule has 1 amide bonds. The van der Waals surface area contributed by atoms with E-state index in [1.807, 2.05) is 32.0 Å². The van der Waals surface area contributed by atoms with Crippen LogP contribution in [0.15, 0.2) is 24.3 Å². The highest BCUT2D eigenvalue weighted by atomic mass is 32.2. The maximum atomic E-state index is 12.8. The Labute approximate surface area is 139 Å². The number of fused-ring (bicyclic) bond motifs is 1. The third-order valence-corrected chi connectivity index (χ3v) is 5.55. The standard InChI is InChI=1S/C17H26N2O3S/c1-4-23(21,22)18-16(11-13(2)3)17(20)19-10-9-14-7-5-6-8-15(14)12-19/h5-8,13,16,18H,4,9-12H2,1-3H3/t16-/m0/s1. The molecule has 0 fully saturated rings. The van der Waals surface area contributed by atoms with Crippen LogP contribution < -0.4 is 4.72 Å². The first kappa shape index (κ1) is 17.9. The van der Waals surface area contributed by atoms with Crippen molar-refractivity contribution >= 4 is 15.9 Å². The molecule has 0 bridgehead atoms. The molecule has 128 valence electrons. The van der Waals surface area contributed by atoms with Crippen molar-refractivity contribution in [1.29, 1.82) is 0 Å². The molecule has 0 unspecified atom stereocenters. The molecule has 0 spiro atoms. The minimum atomic E-state index is -3.41. The fourth-order valence-corrected chi connectivity index (χ4v) is 3.67. The van der Waals surface area contributed by atoms with E-state index in [0.717, 1.165) is 12.0 Å². The van der Waals surface area contributed by atoms with Crippen LogP contribution in [0, 0.1) is 5.92 Å². The molecule has 1 aromatic rings. The average molecular weight is 338 g/mol. The van der Waals surface area contributed by atoms with Gasteiger partial charge in [0.05, 0.1) is 5.75 Å². The number of carbonyl (C=O) groups is 1. The van der Waals surface area contributed by atoms with Crippen LogP contribution in [-0.4, -0.2) is 37.6 Å². The lowest BCUT2D eigenvalue weighted by Gasteiger charge is -2.32. The number of sulfonamides is 1. The fraction of sp³-hybridized carbons (Fsp3) is 0.588. The van der Waals surface area contributed by atoms with Gasteiger partial charge in [0.1, 0.15) is 6.04 Å². The van der Waals surface area contributed by atoms with Crippen LogP contribution in [-0.2, 0) is 27.8 Å². The van der Waals surface area contributed by atoms with Crippen molar-refractivity contribution in [3.05, 3.63) is 35.4 Å². The van der Waals surface area contributed by atoms with Crippen molar-refractivity contribution < 1.29 is 13.2 Å². The molecule has 1 atom stereocenters. The highest BCUT2D eigenvalue weighted by molar-refractivity contribution is 7.89. The third-order valence-electron chi connectivity index (χ3n) is 4.15. The number of nitrogens with one attached hydrogen (secondary N) is 1. The van der Waals surface area contributed by atoms with E-state index in [1.54, 1.807) is 11.8 Å². The number of rotatable bonds is 6. The quantitative estimate of drug-likeness (QED) is 0.862. The van der Waals surface area contributed by atoms with Crippen LogP contribution in [0.3, 0.4) is 0 Å². The van der Waals surface area contributed by atoms with Crippen molar-refractivity contribution in [2.24, 2.45) is 5.92 Å². The summed E-state index contributed by atoms with van der Waals surface area (Å²) in [4.78, 5) is 14.6. The molecule has 0 saturated carbocycles. The average Bonchev–Trinajstić information content (AvgIpc) is 2.52. The molecule has 6 heteroatoms. The minimum Gasteiger partial charge on any atom is -0.337 e. The predicted octanol–water partition coefficient (Wildman–Crippen LogP) is 1.93. The summed E-state index contributed by atoms with van der Waals surface area (Å²) in [5, 5.41) is 0. The molecule has 2 rings (SSSR count). The molecular weight excluding hydrogens is 312 g/mol. The zero-order chi connectivity index (χ0) is 17.0. The van der Waals surface area contributed by atoms with E-state index in [-0.39, 0.29) is 17.6 Å². The van der Waals surface area contributed by atoms with Crippen LogP contribution in [0.25, 0.3) is 0 Å². The normalized spacial score (nSPS) is 16.3. The Bertz CT molecular complexity index is 656. The molecule has 5 nitrogen and oxygen atoms in total. The molecule has 1 N–H and O–H groups in total. The van der Waals surface area contributed by atoms with Gasteiger partial charge >= 0.3 is 0 Å². The van der Waals surface area contributed by atoms with Crippen LogP contribution in [0.1, 0.15) is 38.3 Å². The molecule has 0 saturated heterocycles. The monoisotopic (exact) mass is 338 g/mol. The molecule has 23 heavy (non-hydrogen) atoms. The highest BCUT2D eigenvalue weighted by Gasteiger charge is 2.30. The SMILES string of the molecule is CCS(=O)(=O)N[C@@H](CC(C)C)C(=O)N1CCc2ccccc2C1. The summed E-state index contributed by atoms with van der Waals surface area (Å²) in [7, 11) is -3.41. The van der Waals surface area contributed by atoms with E-state index in [0.29, 0.717) is 19.5 Å². The summed E-state index contributed by atoms with van der Waals surface area (Å²) < 4.78 is 26.4. The number of hydrogen-bond donors (Lipinski definition) is 1. The third kappa shape index (κ3) is 4.78. The Balaban J connectivity index is 2.14. The second kappa shape index (κ2) is 7.45. The van der Waals surface area contributed by atoms with E-state index in [4.69, 9.17) is 0 Å². The smallest absolute Gasteiger partial charge is 0.241 e. The van der Waals surface area contributed by atoms with Crippen molar-refractivity contribution in [1.82, 2.24) is 9.62 Å². The first-order valence-electron chi connectivity index (χ1n) is 8.18. The van der Waals surface area contributed by atoms with Gasteiger partial charge in [0, 0.05) is 13.1 Å². The van der Waals surface area contributed by atoms with Gasteiger partial charge in [0.2, 0.25) is 15.9 Å². The van der Waals surface area contributed by atoms with Gasteiger partial charge in [-0.05, 0) is 36.8 Å². The Morgan fingerprint density at radius 3 is 2.52 bits per heavy atom. The van der Waals surface area contributed by atoms with Gasteiger partial charge in [-0.3, -0.25) is 4.79 Å². The predicted molar refractivity (Wildman–Crippen MR) is 91.4 cm³/mol. The van der Waals surface area contributed by atoms with Gasteiger partial charge in [-0.25, -0.2) is 13.1 Å². The van der Waals surface area contributed by atoms with Crippen LogP contribution in [0.4, 0.5) is 0 Å². The summed E-state index contributed by atoms with van der Waals surface area (Å²) >= 11 is 0. The first-order valence-corrected chi connectivity index (χ1v) is 9.83. The summed E-state index contributed by atoms with van der Waals surface area (Å²) in [6.07, 6.45) is 1.33. The van der Waals surface area contributed by atoms with Crippen LogP contribution in [0.2, 0.25) is 0 Å². The van der Waals surface area contributed by atoms with E-state index in [2.05, 4.69) is 10.8 Å². The summed E-state index contributed by atoms with van der Waals surface area (Å²) in [5.41, 5.74) is 2.42. The number of carbonyl (C=O) groups excluding carboxylic acids is 1. The lowest BCUT2D eigenvalue weighted by molar-refractivity contribution is -0.134. The highest BCUT2D eigenvalue weighted by Crippen LogP contribution is 2.20. The molecule has 1 heterocycles. The Morgan fingerprint density at radius 1 is 1.26 bits per heavy atom. The van der Waals surface area contributed by atoms with Gasteiger partial charge in [-0.1, -0.05) is 38.1 Å². The second-order valence-electron chi connectivity index (χ2n) is 6.48. The molecule has 1 aliphatic heterocycles. The Hall–Kier alpha value is -1.40. The number of hydrogen-bond acceptors (Lipinski definition) is 3. The van der Waals surface area contributed by atoms with Gasteiger partial charge in [-0.15, -0.1) is 0 Å². The van der Waals surface area contributed by atoms with Crippen molar-refractivity contribution in [3.63, 3.8) is 0 Å². The maximum Gasteiger partial charge on any atom is 0.241 e. The van der Waals surface area contributed by atoms with Gasteiger partial charge in [-0.2, -0.15) is 0 Å². The summed E-state index contributed by atoms with van der Waals surface area (Å²) in [6, 6.07) is 7.42. The van der Waals surface area contributed by atoms with Crippen molar-refractivity contribution in [2.45, 2.75) is 46.2 Å². The molecule has 0 aromatic heterocycles. The number of benzene rings is 1. The fourth-order valence-electron chi connectivity index (χ4n) is 2.88. The molecule has 0 radical (unpaired) electrons. The summed E-state index contributed by atoms with van der Waals surface area (Å²) in [5.74, 6) is 0.100. The molecular formula is C17H26N2O3S. The van der Waals surface area contributed by atoms with Crippen LogP contribution in [0.5, 0.6) is 0 Å². The minimum absolute atomic E-state index is 0.0162. The lowest BCUT2D eigenvalue weighted by atomic mass is 9.98. The van der Waals surface area contributed by atoms with E-state index >= 15 is 0 Å². The number of nitrogens with zero attached hydrogens (tertiary/aromatic N) is 1. The van der Waals surface area contributed by atoms with Gasteiger partial charge in [0.25, 0.3) is 0 Å². The number of amides is 1. The zero-order valence-electron chi connectivity index (χ0n) is 14.1. The lowest BCUT2D eigenvalue weighted by Crippen LogP contribution is -2.50. The Kier molecular flexibility index (Phi) is 5.81. The summed E-state index contributed by atoms with van der Waals surface area (Å²) in [6.45, 7) is 6.75. The second-order valence-corrected chi connectivity index (χ2v) is 8.52. The Morgan fingerprint density at radius 2 is 1.91 bits per heavy atom. The zero-order valence-corrected chi connectivity index (χ0v) is 14.9. The van der Waals surface area contributed by atoms with E-state index in [1.165, 1.54) is 5.56 Å². The first-order chi connectivity index (χ1) is 10.8. The van der Waals surface area contributed by atoms with E-state index < -0.39 is 16.1 Å². The topological polar surface area (TPSA) is 66.5 Å². The van der Waals surface area contributed by atoms with Crippen molar-refractivity contribution in [3.8, 4) is 0 Å². The maximum absolute atomic E-state index is 12.8. The molecule has 0 aliphatic carbocycles. The molecule has 1 aliphatic rings. The van der Waals surface area contributed by atoms with E-state index in [9.17, 15) is 13.2 Å². The van der Waals surface area contributed by atoms with Gasteiger partial charge in [0.15, 0.2) is 0 Å². The van der Waals surface area contributed by atoms with Crippen molar-refractivity contribution in [2.75, 3.05) is 12.3 Å². The van der Waals surface area contributed by atoms with Gasteiger partial charge < -0.3 is 4.90 Å². The van der Waals surface area contributed by atoms with Crippen LogP contribution >= 0.6 is 0 Å². The largest absolute Gasteiger partial charge is 0.337 e. The molecule has 1 aromatic carbocycles.